The van der Waals surface area contributed by atoms with Crippen LogP contribution in [0.1, 0.15) is 51.2 Å². The summed E-state index contributed by atoms with van der Waals surface area (Å²) in [6.45, 7) is 8.18. The summed E-state index contributed by atoms with van der Waals surface area (Å²) in [6.07, 6.45) is 1.00. The van der Waals surface area contributed by atoms with Crippen LogP contribution in [0.4, 0.5) is 21.5 Å². The molecule has 0 spiro atoms. The minimum absolute atomic E-state index is 0.0322. The number of halogens is 1. The van der Waals surface area contributed by atoms with E-state index in [2.05, 4.69) is 53.2 Å². The van der Waals surface area contributed by atoms with Crippen LogP contribution in [0, 0.1) is 18.7 Å². The largest absolute Gasteiger partial charge is 0.369 e. The van der Waals surface area contributed by atoms with Crippen LogP contribution in [0.5, 0.6) is 0 Å². The molecule has 2 amide bonds. The number of hydrogen-bond donors (Lipinski definition) is 1. The van der Waals surface area contributed by atoms with Crippen molar-refractivity contribution in [3.63, 3.8) is 0 Å². The van der Waals surface area contributed by atoms with Crippen molar-refractivity contribution in [3.05, 3.63) is 123 Å². The van der Waals surface area contributed by atoms with Gasteiger partial charge < -0.3 is 24.6 Å². The van der Waals surface area contributed by atoms with Gasteiger partial charge >= 0.3 is 0 Å². The number of piperidine rings is 1. The zero-order valence-corrected chi connectivity index (χ0v) is 26.2. The third kappa shape index (κ3) is 5.77. The highest BCUT2D eigenvalue weighted by atomic mass is 19.1. The zero-order chi connectivity index (χ0) is 31.9. The van der Waals surface area contributed by atoms with Crippen molar-refractivity contribution in [2.75, 3.05) is 47.8 Å². The average Bonchev–Trinajstić information content (AvgIpc) is 3.05. The van der Waals surface area contributed by atoms with E-state index in [0.717, 1.165) is 36.6 Å². The van der Waals surface area contributed by atoms with E-state index >= 15 is 0 Å². The number of aromatic nitrogens is 1. The normalized spacial score (nSPS) is 20.7. The van der Waals surface area contributed by atoms with Gasteiger partial charge in [-0.25, -0.2) is 4.39 Å². The van der Waals surface area contributed by atoms with Gasteiger partial charge in [0.15, 0.2) is 0 Å². The van der Waals surface area contributed by atoms with Crippen molar-refractivity contribution in [3.8, 4) is 0 Å². The summed E-state index contributed by atoms with van der Waals surface area (Å²) in [4.78, 5) is 46.4. The van der Waals surface area contributed by atoms with Gasteiger partial charge in [-0.15, -0.1) is 0 Å². The van der Waals surface area contributed by atoms with Crippen LogP contribution < -0.4 is 20.7 Å². The number of carbonyl (C=O) groups excluding carboxylic acids is 2. The van der Waals surface area contributed by atoms with Crippen LogP contribution in [0.3, 0.4) is 0 Å². The predicted molar refractivity (Wildman–Crippen MR) is 178 cm³/mol. The first-order valence-electron chi connectivity index (χ1n) is 16.0. The Hall–Kier alpha value is -4.92. The van der Waals surface area contributed by atoms with Crippen LogP contribution in [0.2, 0.25) is 0 Å². The number of carbonyl (C=O) groups is 2. The summed E-state index contributed by atoms with van der Waals surface area (Å²) in [6, 6.07) is 25.0. The number of piperazine rings is 1. The van der Waals surface area contributed by atoms with Crippen LogP contribution in [-0.4, -0.2) is 60.0 Å². The van der Waals surface area contributed by atoms with Gasteiger partial charge in [-0.05, 0) is 92.4 Å². The first kappa shape index (κ1) is 29.8. The monoisotopic (exact) mass is 619 g/mol. The Morgan fingerprint density at radius 2 is 1.63 bits per heavy atom. The lowest BCUT2D eigenvalue weighted by Gasteiger charge is -2.44. The van der Waals surface area contributed by atoms with Crippen LogP contribution in [0.15, 0.2) is 89.7 Å². The van der Waals surface area contributed by atoms with Crippen molar-refractivity contribution >= 4 is 28.9 Å². The Labute approximate surface area is 268 Å². The van der Waals surface area contributed by atoms with Gasteiger partial charge in [0.1, 0.15) is 5.82 Å². The minimum Gasteiger partial charge on any atom is -0.369 e. The Balaban J connectivity index is 1.16. The highest BCUT2D eigenvalue weighted by Crippen LogP contribution is 2.39. The molecule has 2 bridgehead atoms. The molecule has 4 heterocycles. The molecular formula is C37H38FN5O3. The minimum atomic E-state index is -0.416. The van der Waals surface area contributed by atoms with Crippen molar-refractivity contribution in [2.45, 2.75) is 38.8 Å². The van der Waals surface area contributed by atoms with Crippen LogP contribution in [-0.2, 0) is 6.54 Å². The molecule has 2 fully saturated rings. The predicted octanol–water partition coefficient (Wildman–Crippen LogP) is 5.52. The van der Waals surface area contributed by atoms with E-state index in [1.54, 1.807) is 12.1 Å². The van der Waals surface area contributed by atoms with Crippen LogP contribution in [0.25, 0.3) is 0 Å². The number of pyridine rings is 1. The van der Waals surface area contributed by atoms with E-state index in [1.165, 1.54) is 29.8 Å². The molecule has 3 atom stereocenters. The van der Waals surface area contributed by atoms with E-state index in [0.29, 0.717) is 43.0 Å². The second kappa shape index (κ2) is 12.1. The zero-order valence-electron chi connectivity index (χ0n) is 26.2. The first-order chi connectivity index (χ1) is 22.2. The standard InChI is InChI=1S/C37H38FN5O3/c1-24-5-3-6-31(17-24)42-16-15-40(20-25(42)2)37(46)28-11-14-34(32(19-28)39-36(45)27-9-12-30(38)13-10-27)41-21-26-18-29(23-41)33-7-4-8-35(44)43(33)22-26/h3-14,17,19,25-26,29H,15-16,18,20-23H2,1-2H3,(H,39,45)/t25-,26-,29+/m1/s1. The third-order valence-electron chi connectivity index (χ3n) is 9.67. The maximum atomic E-state index is 13.9. The molecule has 4 aromatic rings. The van der Waals surface area contributed by atoms with Gasteiger partial charge in [0, 0.05) is 79.8 Å². The molecule has 7 rings (SSSR count). The summed E-state index contributed by atoms with van der Waals surface area (Å²) in [7, 11) is 0. The van der Waals surface area contributed by atoms with E-state index in [1.807, 2.05) is 33.7 Å². The SMILES string of the molecule is Cc1cccc(N2CCN(C(=O)c3ccc(N4C[C@H]5C[C@@H](C4)c4cccc(=O)n4C5)c(NC(=O)c4ccc(F)cc4)c3)C[C@H]2C)c1. The summed E-state index contributed by atoms with van der Waals surface area (Å²) in [5, 5.41) is 3.04. The van der Waals surface area contributed by atoms with E-state index in [9.17, 15) is 18.8 Å². The van der Waals surface area contributed by atoms with Gasteiger partial charge in [-0.1, -0.05) is 18.2 Å². The van der Waals surface area contributed by atoms with Crippen LogP contribution >= 0.6 is 0 Å². The molecule has 3 aliphatic rings. The lowest BCUT2D eigenvalue weighted by molar-refractivity contribution is 0.0726. The van der Waals surface area contributed by atoms with Gasteiger partial charge in [0.25, 0.3) is 17.4 Å². The summed E-state index contributed by atoms with van der Waals surface area (Å²) >= 11 is 0. The van der Waals surface area contributed by atoms with E-state index in [-0.39, 0.29) is 35.3 Å². The summed E-state index contributed by atoms with van der Waals surface area (Å²) in [5.41, 5.74) is 5.63. The molecule has 9 heteroatoms. The molecule has 0 aliphatic carbocycles. The Kier molecular flexibility index (Phi) is 7.84. The lowest BCUT2D eigenvalue weighted by Crippen LogP contribution is -2.53. The van der Waals surface area contributed by atoms with E-state index in [4.69, 9.17) is 0 Å². The van der Waals surface area contributed by atoms with Gasteiger partial charge in [-0.3, -0.25) is 14.4 Å². The first-order valence-corrected chi connectivity index (χ1v) is 16.0. The number of amides is 2. The smallest absolute Gasteiger partial charge is 0.255 e. The quantitative estimate of drug-likeness (QED) is 0.318. The number of anilines is 3. The van der Waals surface area contributed by atoms with Crippen molar-refractivity contribution < 1.29 is 14.0 Å². The molecule has 3 aromatic carbocycles. The molecule has 1 N–H and O–H groups in total. The second-order valence-electron chi connectivity index (χ2n) is 12.9. The maximum Gasteiger partial charge on any atom is 0.255 e. The van der Waals surface area contributed by atoms with Crippen molar-refractivity contribution in [1.29, 1.82) is 0 Å². The average molecular weight is 620 g/mol. The molecule has 1 aromatic heterocycles. The van der Waals surface area contributed by atoms with E-state index < -0.39 is 5.82 Å². The molecule has 8 nitrogen and oxygen atoms in total. The topological polar surface area (TPSA) is 77.9 Å². The molecule has 46 heavy (non-hydrogen) atoms. The van der Waals surface area contributed by atoms with Crippen molar-refractivity contribution in [1.82, 2.24) is 9.47 Å². The molecule has 0 saturated carbocycles. The number of aryl methyl sites for hydroxylation is 1. The molecule has 3 aliphatic heterocycles. The Morgan fingerprint density at radius 3 is 2.41 bits per heavy atom. The summed E-state index contributed by atoms with van der Waals surface area (Å²) in [5.74, 6) is -0.418. The number of benzene rings is 3. The summed E-state index contributed by atoms with van der Waals surface area (Å²) < 4.78 is 15.5. The van der Waals surface area contributed by atoms with Gasteiger partial charge in [0.2, 0.25) is 0 Å². The van der Waals surface area contributed by atoms with Crippen molar-refractivity contribution in [2.24, 2.45) is 5.92 Å². The fraction of sp³-hybridized carbons (Fsp3) is 0.324. The molecule has 0 radical (unpaired) electrons. The lowest BCUT2D eigenvalue weighted by atomic mass is 9.83. The molecule has 236 valence electrons. The Bertz CT molecular complexity index is 1850. The Morgan fingerprint density at radius 1 is 0.848 bits per heavy atom. The second-order valence-corrected chi connectivity index (χ2v) is 12.9. The number of rotatable bonds is 5. The van der Waals surface area contributed by atoms with Gasteiger partial charge in [-0.2, -0.15) is 0 Å². The maximum absolute atomic E-state index is 13.9. The fourth-order valence-electron chi connectivity index (χ4n) is 7.45. The molecule has 2 saturated heterocycles. The highest BCUT2D eigenvalue weighted by molar-refractivity contribution is 6.07. The highest BCUT2D eigenvalue weighted by Gasteiger charge is 2.36. The number of nitrogens with zero attached hydrogens (tertiary/aromatic N) is 4. The van der Waals surface area contributed by atoms with Gasteiger partial charge in [0.05, 0.1) is 11.4 Å². The fourth-order valence-corrected chi connectivity index (χ4v) is 7.45. The number of hydrogen-bond acceptors (Lipinski definition) is 5. The molecule has 0 unspecified atom stereocenters. The number of nitrogens with one attached hydrogen (secondary N) is 1. The number of fused-ring (bicyclic) bond motifs is 4. The molecular weight excluding hydrogens is 581 g/mol. The third-order valence-corrected chi connectivity index (χ3v) is 9.67.